The van der Waals surface area contributed by atoms with Gasteiger partial charge in [0.05, 0.1) is 23.5 Å². The Balaban J connectivity index is 1.62. The van der Waals surface area contributed by atoms with Crippen LogP contribution in [0.1, 0.15) is 28.7 Å². The van der Waals surface area contributed by atoms with E-state index < -0.39 is 0 Å². The van der Waals surface area contributed by atoms with E-state index in [2.05, 4.69) is 5.32 Å². The molecule has 1 heterocycles. The van der Waals surface area contributed by atoms with Crippen LogP contribution in [0.2, 0.25) is 0 Å². The third-order valence-corrected chi connectivity index (χ3v) is 5.40. The van der Waals surface area contributed by atoms with E-state index in [1.54, 1.807) is 0 Å². The minimum absolute atomic E-state index is 0.0693. The van der Waals surface area contributed by atoms with Crippen molar-refractivity contribution in [2.45, 2.75) is 27.2 Å². The summed E-state index contributed by atoms with van der Waals surface area (Å²) in [5, 5.41) is 3.00. The van der Waals surface area contributed by atoms with Crippen molar-refractivity contribution in [3.8, 4) is 0 Å². The van der Waals surface area contributed by atoms with Gasteiger partial charge in [-0.25, -0.2) is 0 Å². The summed E-state index contributed by atoms with van der Waals surface area (Å²) in [5.41, 5.74) is 6.89. The molecule has 3 aromatic rings. The fraction of sp³-hybridized carbons (Fsp3) is 0.192. The van der Waals surface area contributed by atoms with E-state index in [1.807, 2.05) is 87.5 Å². The number of aryl methyl sites for hydroxylation is 3. The first-order valence-electron chi connectivity index (χ1n) is 10.3. The number of carbonyl (C=O) groups is 2. The van der Waals surface area contributed by atoms with Gasteiger partial charge in [-0.1, -0.05) is 60.2 Å². The molecule has 0 fully saturated rings. The number of para-hydroxylation sites is 2. The van der Waals surface area contributed by atoms with Crippen LogP contribution in [0.5, 0.6) is 0 Å². The monoisotopic (exact) mass is 411 g/mol. The van der Waals surface area contributed by atoms with Gasteiger partial charge in [0.2, 0.25) is 11.8 Å². The minimum Gasteiger partial charge on any atom is -0.324 e. The second-order valence-corrected chi connectivity index (χ2v) is 7.89. The summed E-state index contributed by atoms with van der Waals surface area (Å²) in [6.45, 7) is 5.91. The molecule has 0 saturated carbocycles. The minimum atomic E-state index is -0.235. The van der Waals surface area contributed by atoms with Crippen molar-refractivity contribution in [3.05, 3.63) is 89.0 Å². The predicted molar refractivity (Wildman–Crippen MR) is 125 cm³/mol. The van der Waals surface area contributed by atoms with Crippen LogP contribution in [0.4, 0.5) is 17.1 Å². The molecule has 31 heavy (non-hydrogen) atoms. The molecule has 2 amide bonds. The largest absolute Gasteiger partial charge is 0.324 e. The van der Waals surface area contributed by atoms with Crippen molar-refractivity contribution in [2.75, 3.05) is 16.8 Å². The third kappa shape index (κ3) is 4.40. The van der Waals surface area contributed by atoms with Crippen LogP contribution in [-0.4, -0.2) is 24.1 Å². The predicted octanol–water partition coefficient (Wildman–Crippen LogP) is 5.11. The molecule has 4 rings (SSSR count). The molecule has 5 heteroatoms. The number of carbonyl (C=O) groups excluding carboxylic acids is 2. The van der Waals surface area contributed by atoms with Crippen molar-refractivity contribution in [3.63, 3.8) is 0 Å². The van der Waals surface area contributed by atoms with Gasteiger partial charge in [0, 0.05) is 5.69 Å². The highest BCUT2D eigenvalue weighted by Gasteiger charge is 2.26. The number of anilines is 2. The zero-order valence-electron chi connectivity index (χ0n) is 18.0. The van der Waals surface area contributed by atoms with E-state index >= 15 is 0 Å². The Morgan fingerprint density at radius 3 is 2.32 bits per heavy atom. The number of hydrogen-bond acceptors (Lipinski definition) is 3. The molecule has 1 N–H and O–H groups in total. The molecule has 1 aliphatic heterocycles. The molecule has 5 nitrogen and oxygen atoms in total. The summed E-state index contributed by atoms with van der Waals surface area (Å²) >= 11 is 0. The summed E-state index contributed by atoms with van der Waals surface area (Å²) in [5.74, 6) is -0.388. The van der Waals surface area contributed by atoms with Crippen LogP contribution in [0, 0.1) is 20.8 Å². The number of aliphatic imine (C=N–C) groups is 1. The van der Waals surface area contributed by atoms with E-state index in [1.165, 1.54) is 4.90 Å². The second kappa shape index (κ2) is 8.56. The smallest absolute Gasteiger partial charge is 0.244 e. The summed E-state index contributed by atoms with van der Waals surface area (Å²) in [4.78, 5) is 32.4. The lowest BCUT2D eigenvalue weighted by molar-refractivity contribution is -0.120. The average Bonchev–Trinajstić information content (AvgIpc) is 2.88. The van der Waals surface area contributed by atoms with Crippen LogP contribution in [0.25, 0.3) is 0 Å². The zero-order chi connectivity index (χ0) is 22.0. The Bertz CT molecular complexity index is 1160. The lowest BCUT2D eigenvalue weighted by atomic mass is 10.1. The Hall–Kier alpha value is -3.73. The van der Waals surface area contributed by atoms with Gasteiger partial charge in [-0.05, 0) is 49.6 Å². The maximum atomic E-state index is 13.2. The van der Waals surface area contributed by atoms with Gasteiger partial charge >= 0.3 is 0 Å². The molecule has 0 aliphatic carbocycles. The first-order chi connectivity index (χ1) is 14.9. The molecule has 1 aliphatic rings. The highest BCUT2D eigenvalue weighted by atomic mass is 16.2. The molecule has 0 spiro atoms. The molecule has 156 valence electrons. The Morgan fingerprint density at radius 2 is 1.61 bits per heavy atom. The van der Waals surface area contributed by atoms with Crippen molar-refractivity contribution >= 4 is 34.6 Å². The third-order valence-electron chi connectivity index (χ3n) is 5.40. The summed E-state index contributed by atoms with van der Waals surface area (Å²) in [6.07, 6.45) is 0.133. The van der Waals surface area contributed by atoms with Gasteiger partial charge in [0.15, 0.2) is 0 Å². The van der Waals surface area contributed by atoms with Gasteiger partial charge < -0.3 is 10.2 Å². The summed E-state index contributed by atoms with van der Waals surface area (Å²) in [6, 6.07) is 21.2. The van der Waals surface area contributed by atoms with Gasteiger partial charge in [-0.15, -0.1) is 0 Å². The quantitative estimate of drug-likeness (QED) is 0.649. The van der Waals surface area contributed by atoms with Gasteiger partial charge in [-0.3, -0.25) is 14.6 Å². The molecule has 0 unspecified atom stereocenters. The topological polar surface area (TPSA) is 61.8 Å². The number of hydrogen-bond donors (Lipinski definition) is 1. The fourth-order valence-corrected chi connectivity index (χ4v) is 4.02. The number of benzene rings is 3. The average molecular weight is 412 g/mol. The Kier molecular flexibility index (Phi) is 5.67. The Labute approximate surface area is 182 Å². The molecule has 0 radical (unpaired) electrons. The van der Waals surface area contributed by atoms with E-state index in [0.717, 1.165) is 27.9 Å². The molecule has 0 saturated heterocycles. The normalized spacial score (nSPS) is 13.3. The first kappa shape index (κ1) is 20.5. The highest BCUT2D eigenvalue weighted by molar-refractivity contribution is 6.19. The molecule has 0 bridgehead atoms. The molecule has 0 aromatic heterocycles. The first-order valence-corrected chi connectivity index (χ1v) is 10.3. The SMILES string of the molecule is Cc1cc(C)c(NC(=O)CN2C(=O)CC(c3ccccc3)=Nc3ccccc32)c(C)c1. The van der Waals surface area contributed by atoms with E-state index in [9.17, 15) is 9.59 Å². The van der Waals surface area contributed by atoms with Gasteiger partial charge in [0.25, 0.3) is 0 Å². The lowest BCUT2D eigenvalue weighted by Gasteiger charge is -2.22. The molecule has 0 atom stereocenters. The van der Waals surface area contributed by atoms with Crippen LogP contribution in [-0.2, 0) is 9.59 Å². The number of rotatable bonds is 4. The Morgan fingerprint density at radius 1 is 0.968 bits per heavy atom. The second-order valence-electron chi connectivity index (χ2n) is 7.89. The zero-order valence-corrected chi connectivity index (χ0v) is 18.0. The van der Waals surface area contributed by atoms with Crippen molar-refractivity contribution in [1.29, 1.82) is 0 Å². The van der Waals surface area contributed by atoms with E-state index in [0.29, 0.717) is 17.1 Å². The summed E-state index contributed by atoms with van der Waals surface area (Å²) in [7, 11) is 0. The summed E-state index contributed by atoms with van der Waals surface area (Å²) < 4.78 is 0. The lowest BCUT2D eigenvalue weighted by Crippen LogP contribution is -2.38. The maximum absolute atomic E-state index is 13.2. The highest BCUT2D eigenvalue weighted by Crippen LogP contribution is 2.33. The van der Waals surface area contributed by atoms with Gasteiger partial charge in [-0.2, -0.15) is 0 Å². The standard InChI is InChI=1S/C26H25N3O2/c1-17-13-18(2)26(19(3)14-17)28-24(30)16-29-23-12-8-7-11-21(23)27-22(15-25(29)31)20-9-5-4-6-10-20/h4-14H,15-16H2,1-3H3,(H,28,30). The molecule has 3 aromatic carbocycles. The van der Waals surface area contributed by atoms with E-state index in [-0.39, 0.29) is 24.8 Å². The molecular formula is C26H25N3O2. The van der Waals surface area contributed by atoms with Crippen molar-refractivity contribution < 1.29 is 9.59 Å². The number of nitrogens with zero attached hydrogens (tertiary/aromatic N) is 2. The van der Waals surface area contributed by atoms with Crippen LogP contribution in [0.3, 0.4) is 0 Å². The number of fused-ring (bicyclic) bond motifs is 1. The molecular weight excluding hydrogens is 386 g/mol. The van der Waals surface area contributed by atoms with Crippen molar-refractivity contribution in [1.82, 2.24) is 0 Å². The van der Waals surface area contributed by atoms with Crippen LogP contribution < -0.4 is 10.2 Å². The number of nitrogens with one attached hydrogen (secondary N) is 1. The fourth-order valence-electron chi connectivity index (χ4n) is 4.02. The van der Waals surface area contributed by atoms with Gasteiger partial charge in [0.1, 0.15) is 6.54 Å². The van der Waals surface area contributed by atoms with Crippen LogP contribution in [0.15, 0.2) is 71.7 Å². The van der Waals surface area contributed by atoms with Crippen LogP contribution >= 0.6 is 0 Å². The van der Waals surface area contributed by atoms with Crippen molar-refractivity contribution in [2.24, 2.45) is 4.99 Å². The number of amides is 2. The maximum Gasteiger partial charge on any atom is 0.244 e. The van der Waals surface area contributed by atoms with E-state index in [4.69, 9.17) is 4.99 Å².